The molecule has 90 valence electrons. The van der Waals surface area contributed by atoms with E-state index in [2.05, 4.69) is 21.4 Å². The van der Waals surface area contributed by atoms with Crippen LogP contribution in [0.25, 0.3) is 0 Å². The summed E-state index contributed by atoms with van der Waals surface area (Å²) < 4.78 is 0. The highest BCUT2D eigenvalue weighted by atomic mass is 15.2. The molecule has 0 aliphatic rings. The summed E-state index contributed by atoms with van der Waals surface area (Å²) in [6.45, 7) is 0. The minimum atomic E-state index is 0.615. The van der Waals surface area contributed by atoms with Gasteiger partial charge in [-0.2, -0.15) is 5.26 Å². The van der Waals surface area contributed by atoms with E-state index in [9.17, 15) is 0 Å². The molecular weight excluding hydrogens is 226 g/mol. The van der Waals surface area contributed by atoms with Crippen molar-refractivity contribution in [1.29, 1.82) is 5.26 Å². The van der Waals surface area contributed by atoms with Gasteiger partial charge in [0.1, 0.15) is 24.0 Å². The molecule has 1 N–H and O–H groups in total. The van der Waals surface area contributed by atoms with E-state index in [1.807, 2.05) is 36.2 Å². The number of hydrogen-bond donors (Lipinski definition) is 1. The third kappa shape index (κ3) is 2.23. The molecule has 0 atom stereocenters. The van der Waals surface area contributed by atoms with Crippen LogP contribution < -0.4 is 10.2 Å². The highest BCUT2D eigenvalue weighted by Crippen LogP contribution is 2.25. The molecule has 5 heteroatoms. The molecule has 2 rings (SSSR count). The number of hydrogen-bond acceptors (Lipinski definition) is 5. The van der Waals surface area contributed by atoms with Gasteiger partial charge < -0.3 is 10.2 Å². The number of nitrogens with one attached hydrogen (secondary N) is 1. The second-order valence-corrected chi connectivity index (χ2v) is 3.70. The van der Waals surface area contributed by atoms with Gasteiger partial charge in [-0.3, -0.25) is 0 Å². The van der Waals surface area contributed by atoms with E-state index < -0.39 is 0 Å². The summed E-state index contributed by atoms with van der Waals surface area (Å²) in [6, 6.07) is 11.4. The number of nitrogens with zero attached hydrogens (tertiary/aromatic N) is 4. The highest BCUT2D eigenvalue weighted by molar-refractivity contribution is 5.67. The van der Waals surface area contributed by atoms with Gasteiger partial charge in [0.25, 0.3) is 0 Å². The number of nitriles is 1. The normalized spacial score (nSPS) is 9.61. The van der Waals surface area contributed by atoms with E-state index in [1.165, 1.54) is 6.33 Å². The lowest BCUT2D eigenvalue weighted by Gasteiger charge is -2.19. The van der Waals surface area contributed by atoms with Crippen LogP contribution in [0.5, 0.6) is 0 Å². The Hall–Kier alpha value is -2.61. The predicted octanol–water partition coefficient (Wildman–Crippen LogP) is 2.16. The number of benzene rings is 1. The average molecular weight is 239 g/mol. The summed E-state index contributed by atoms with van der Waals surface area (Å²) in [4.78, 5) is 10.1. The number of aromatic nitrogens is 2. The Morgan fingerprint density at radius 3 is 2.78 bits per heavy atom. The van der Waals surface area contributed by atoms with Crippen molar-refractivity contribution in [3.8, 4) is 6.07 Å². The van der Waals surface area contributed by atoms with Crippen LogP contribution in [0.3, 0.4) is 0 Å². The summed E-state index contributed by atoms with van der Waals surface area (Å²) in [5.41, 5.74) is 1.44. The third-order valence-corrected chi connectivity index (χ3v) is 2.64. The van der Waals surface area contributed by atoms with Crippen LogP contribution in [0.1, 0.15) is 5.56 Å². The van der Waals surface area contributed by atoms with E-state index in [1.54, 1.807) is 13.1 Å². The summed E-state index contributed by atoms with van der Waals surface area (Å²) in [5, 5.41) is 12.1. The summed E-state index contributed by atoms with van der Waals surface area (Å²) in [7, 11) is 3.67. The predicted molar refractivity (Wildman–Crippen MR) is 70.8 cm³/mol. The van der Waals surface area contributed by atoms with Crippen LogP contribution in [0.15, 0.2) is 36.7 Å². The fraction of sp³-hybridized carbons (Fsp3) is 0.154. The second-order valence-electron chi connectivity index (χ2n) is 3.70. The van der Waals surface area contributed by atoms with Crippen molar-refractivity contribution in [2.24, 2.45) is 0 Å². The molecule has 2 aromatic rings. The highest BCUT2D eigenvalue weighted by Gasteiger charge is 2.10. The van der Waals surface area contributed by atoms with Gasteiger partial charge in [-0.05, 0) is 12.1 Å². The lowest BCUT2D eigenvalue weighted by atomic mass is 10.2. The van der Waals surface area contributed by atoms with E-state index in [0.717, 1.165) is 17.3 Å². The van der Waals surface area contributed by atoms with Crippen LogP contribution in [0.2, 0.25) is 0 Å². The summed E-state index contributed by atoms with van der Waals surface area (Å²) in [5.74, 6) is 1.47. The number of para-hydroxylation sites is 1. The second kappa shape index (κ2) is 5.15. The van der Waals surface area contributed by atoms with E-state index in [4.69, 9.17) is 5.26 Å². The molecule has 0 radical (unpaired) electrons. The van der Waals surface area contributed by atoms with Gasteiger partial charge in [0, 0.05) is 20.2 Å². The first-order chi connectivity index (χ1) is 8.76. The van der Waals surface area contributed by atoms with Gasteiger partial charge in [-0.25, -0.2) is 9.97 Å². The fourth-order valence-corrected chi connectivity index (χ4v) is 1.65. The smallest absolute Gasteiger partial charge is 0.138 e. The molecule has 1 aromatic heterocycles. The van der Waals surface area contributed by atoms with Crippen LogP contribution in [0.4, 0.5) is 17.3 Å². The molecule has 0 bridgehead atoms. The summed E-state index contributed by atoms with van der Waals surface area (Å²) in [6.07, 6.45) is 1.49. The Balaban J connectivity index is 2.41. The Bertz CT molecular complexity index is 588. The zero-order chi connectivity index (χ0) is 13.0. The van der Waals surface area contributed by atoms with Crippen LogP contribution in [-0.4, -0.2) is 24.1 Å². The molecule has 0 saturated carbocycles. The van der Waals surface area contributed by atoms with Gasteiger partial charge in [0.05, 0.1) is 11.3 Å². The van der Waals surface area contributed by atoms with Crippen LogP contribution >= 0.6 is 0 Å². The average Bonchev–Trinajstić information content (AvgIpc) is 2.46. The number of rotatable bonds is 3. The molecule has 18 heavy (non-hydrogen) atoms. The zero-order valence-electron chi connectivity index (χ0n) is 10.3. The van der Waals surface area contributed by atoms with Crippen molar-refractivity contribution in [3.05, 3.63) is 42.2 Å². The van der Waals surface area contributed by atoms with Gasteiger partial charge in [0.2, 0.25) is 0 Å². The molecule has 0 fully saturated rings. The van der Waals surface area contributed by atoms with Crippen molar-refractivity contribution >= 4 is 17.3 Å². The Kier molecular flexibility index (Phi) is 3.39. The molecule has 1 aromatic carbocycles. The molecule has 1 heterocycles. The topological polar surface area (TPSA) is 64.8 Å². The lowest BCUT2D eigenvalue weighted by molar-refractivity contribution is 1.08. The van der Waals surface area contributed by atoms with Crippen molar-refractivity contribution < 1.29 is 0 Å². The maximum absolute atomic E-state index is 9.09. The fourth-order valence-electron chi connectivity index (χ4n) is 1.65. The van der Waals surface area contributed by atoms with E-state index in [-0.39, 0.29) is 0 Å². The van der Waals surface area contributed by atoms with Gasteiger partial charge in [-0.15, -0.1) is 0 Å². The van der Waals surface area contributed by atoms with E-state index in [0.29, 0.717) is 5.56 Å². The van der Waals surface area contributed by atoms with Gasteiger partial charge >= 0.3 is 0 Å². The molecule has 0 aliphatic carbocycles. The zero-order valence-corrected chi connectivity index (χ0v) is 10.3. The molecule has 0 saturated heterocycles. The van der Waals surface area contributed by atoms with Gasteiger partial charge in [0.15, 0.2) is 0 Å². The summed E-state index contributed by atoms with van der Waals surface area (Å²) >= 11 is 0. The monoisotopic (exact) mass is 239 g/mol. The van der Waals surface area contributed by atoms with Crippen molar-refractivity contribution in [3.63, 3.8) is 0 Å². The standard InChI is InChI=1S/C13H13N5/c1-15-12-7-13(17-9-16-12)18(2)11-6-4-3-5-10(11)8-14/h3-7,9H,1-2H3,(H,15,16,17). The quantitative estimate of drug-likeness (QED) is 0.889. The minimum absolute atomic E-state index is 0.615. The molecule has 0 unspecified atom stereocenters. The van der Waals surface area contributed by atoms with Crippen molar-refractivity contribution in [2.75, 3.05) is 24.3 Å². The Labute approximate surface area is 106 Å². The first-order valence-electron chi connectivity index (χ1n) is 5.49. The Morgan fingerprint density at radius 2 is 2.06 bits per heavy atom. The Morgan fingerprint density at radius 1 is 1.28 bits per heavy atom. The van der Waals surface area contributed by atoms with Gasteiger partial charge in [-0.1, -0.05) is 12.1 Å². The molecule has 5 nitrogen and oxygen atoms in total. The lowest BCUT2D eigenvalue weighted by Crippen LogP contribution is -2.13. The van der Waals surface area contributed by atoms with Crippen molar-refractivity contribution in [2.45, 2.75) is 0 Å². The first kappa shape index (κ1) is 11.9. The molecule has 0 spiro atoms. The number of anilines is 3. The largest absolute Gasteiger partial charge is 0.373 e. The maximum atomic E-state index is 9.09. The van der Waals surface area contributed by atoms with Crippen LogP contribution in [0, 0.1) is 11.3 Å². The van der Waals surface area contributed by atoms with Crippen molar-refractivity contribution in [1.82, 2.24) is 9.97 Å². The first-order valence-corrected chi connectivity index (χ1v) is 5.49. The molecule has 0 amide bonds. The third-order valence-electron chi connectivity index (χ3n) is 2.64. The molecular formula is C13H13N5. The minimum Gasteiger partial charge on any atom is -0.373 e. The van der Waals surface area contributed by atoms with Crippen LogP contribution in [-0.2, 0) is 0 Å². The molecule has 0 aliphatic heterocycles. The SMILES string of the molecule is CNc1cc(N(C)c2ccccc2C#N)ncn1. The van der Waals surface area contributed by atoms with E-state index >= 15 is 0 Å². The maximum Gasteiger partial charge on any atom is 0.138 e.